The van der Waals surface area contributed by atoms with Crippen molar-refractivity contribution in [3.63, 3.8) is 0 Å². The van der Waals surface area contributed by atoms with Crippen LogP contribution in [0.2, 0.25) is 0 Å². The summed E-state index contributed by atoms with van der Waals surface area (Å²) in [6, 6.07) is 12.4. The quantitative estimate of drug-likeness (QED) is 0.911. The smallest absolute Gasteiger partial charge is 0.227 e. The molecule has 0 bridgehead atoms. The molecule has 0 radical (unpaired) electrons. The lowest BCUT2D eigenvalue weighted by Gasteiger charge is -2.18. The first kappa shape index (κ1) is 14.8. The lowest BCUT2D eigenvalue weighted by Crippen LogP contribution is -2.21. The Labute approximate surface area is 132 Å². The van der Waals surface area contributed by atoms with Crippen molar-refractivity contribution in [3.8, 4) is 11.3 Å². The fraction of sp³-hybridized carbons (Fsp3) is 0.444. The van der Waals surface area contributed by atoms with Crippen LogP contribution in [0.3, 0.4) is 0 Å². The minimum absolute atomic E-state index is 0.588. The van der Waals surface area contributed by atoms with Gasteiger partial charge in [0.2, 0.25) is 5.95 Å². The molecule has 0 saturated carbocycles. The third kappa shape index (κ3) is 3.56. The lowest BCUT2D eigenvalue weighted by molar-refractivity contribution is 0.686. The van der Waals surface area contributed by atoms with E-state index >= 15 is 0 Å². The molecule has 0 atom stereocenters. The van der Waals surface area contributed by atoms with Gasteiger partial charge in [0, 0.05) is 31.3 Å². The van der Waals surface area contributed by atoms with Crippen molar-refractivity contribution in [2.45, 2.75) is 26.7 Å². The number of anilines is 2. The van der Waals surface area contributed by atoms with Crippen molar-refractivity contribution in [2.24, 2.45) is 5.92 Å². The van der Waals surface area contributed by atoms with Crippen LogP contribution < -0.4 is 10.2 Å². The summed E-state index contributed by atoms with van der Waals surface area (Å²) in [4.78, 5) is 11.8. The number of nitrogens with one attached hydrogen (secondary N) is 1. The Morgan fingerprint density at radius 1 is 1.09 bits per heavy atom. The summed E-state index contributed by atoms with van der Waals surface area (Å²) in [5, 5.41) is 3.44. The maximum Gasteiger partial charge on any atom is 0.227 e. The zero-order valence-electron chi connectivity index (χ0n) is 13.4. The van der Waals surface area contributed by atoms with Gasteiger partial charge >= 0.3 is 0 Å². The molecule has 1 aliphatic rings. The highest BCUT2D eigenvalue weighted by molar-refractivity contribution is 5.64. The molecule has 0 spiro atoms. The molecule has 116 valence electrons. The predicted octanol–water partition coefficient (Wildman–Crippen LogP) is 3.81. The van der Waals surface area contributed by atoms with Crippen LogP contribution in [-0.4, -0.2) is 29.6 Å². The van der Waals surface area contributed by atoms with Gasteiger partial charge in [-0.1, -0.05) is 44.2 Å². The van der Waals surface area contributed by atoms with E-state index in [2.05, 4.69) is 42.3 Å². The summed E-state index contributed by atoms with van der Waals surface area (Å²) < 4.78 is 0. The Morgan fingerprint density at radius 3 is 2.50 bits per heavy atom. The molecule has 22 heavy (non-hydrogen) atoms. The Bertz CT molecular complexity index is 604. The van der Waals surface area contributed by atoms with Crippen LogP contribution in [0.25, 0.3) is 11.3 Å². The van der Waals surface area contributed by atoms with Gasteiger partial charge in [0.15, 0.2) is 0 Å². The van der Waals surface area contributed by atoms with Crippen LogP contribution in [0, 0.1) is 5.92 Å². The number of hydrogen-bond acceptors (Lipinski definition) is 4. The highest BCUT2D eigenvalue weighted by Gasteiger charge is 2.17. The van der Waals surface area contributed by atoms with Crippen LogP contribution >= 0.6 is 0 Å². The van der Waals surface area contributed by atoms with E-state index in [9.17, 15) is 0 Å². The first-order valence-corrected chi connectivity index (χ1v) is 8.16. The zero-order valence-corrected chi connectivity index (χ0v) is 13.4. The SMILES string of the molecule is CC(C)CNc1cc(-c2ccccc2)nc(N2CCCC2)n1. The van der Waals surface area contributed by atoms with E-state index in [1.807, 2.05) is 18.2 Å². The highest BCUT2D eigenvalue weighted by atomic mass is 15.3. The van der Waals surface area contributed by atoms with E-state index in [0.29, 0.717) is 5.92 Å². The Morgan fingerprint density at radius 2 is 1.82 bits per heavy atom. The van der Waals surface area contributed by atoms with E-state index in [0.717, 1.165) is 42.7 Å². The van der Waals surface area contributed by atoms with E-state index in [-0.39, 0.29) is 0 Å². The molecule has 3 rings (SSSR count). The largest absolute Gasteiger partial charge is 0.370 e. The van der Waals surface area contributed by atoms with E-state index in [1.165, 1.54) is 12.8 Å². The third-order valence-electron chi connectivity index (χ3n) is 3.86. The molecule has 0 unspecified atom stereocenters. The second-order valence-corrected chi connectivity index (χ2v) is 6.27. The van der Waals surface area contributed by atoms with Gasteiger partial charge < -0.3 is 10.2 Å². The molecule has 2 heterocycles. The van der Waals surface area contributed by atoms with Crippen molar-refractivity contribution >= 4 is 11.8 Å². The average Bonchev–Trinajstić information content (AvgIpc) is 3.08. The maximum atomic E-state index is 4.79. The molecule has 2 aromatic rings. The fourth-order valence-electron chi connectivity index (χ4n) is 2.65. The monoisotopic (exact) mass is 296 g/mol. The summed E-state index contributed by atoms with van der Waals surface area (Å²) in [5.74, 6) is 2.36. The standard InChI is InChI=1S/C18H24N4/c1-14(2)13-19-17-12-16(15-8-4-3-5-9-15)20-18(21-17)22-10-6-7-11-22/h3-5,8-9,12,14H,6-7,10-11,13H2,1-2H3,(H,19,20,21). The third-order valence-corrected chi connectivity index (χ3v) is 3.86. The minimum atomic E-state index is 0.588. The maximum absolute atomic E-state index is 4.79. The number of rotatable bonds is 5. The van der Waals surface area contributed by atoms with Gasteiger partial charge in [-0.25, -0.2) is 4.98 Å². The van der Waals surface area contributed by atoms with Crippen LogP contribution in [0.4, 0.5) is 11.8 Å². The van der Waals surface area contributed by atoms with Crippen molar-refractivity contribution in [1.29, 1.82) is 0 Å². The molecule has 1 saturated heterocycles. The molecule has 1 N–H and O–H groups in total. The number of hydrogen-bond donors (Lipinski definition) is 1. The second kappa shape index (κ2) is 6.77. The van der Waals surface area contributed by atoms with Gasteiger partial charge in [-0.2, -0.15) is 4.98 Å². The first-order chi connectivity index (χ1) is 10.7. The van der Waals surface area contributed by atoms with E-state index in [4.69, 9.17) is 9.97 Å². The Kier molecular flexibility index (Phi) is 4.56. The van der Waals surface area contributed by atoms with Crippen LogP contribution in [0.15, 0.2) is 36.4 Å². The van der Waals surface area contributed by atoms with Gasteiger partial charge in [0.05, 0.1) is 5.69 Å². The minimum Gasteiger partial charge on any atom is -0.370 e. The molecule has 1 aliphatic heterocycles. The van der Waals surface area contributed by atoms with Crippen LogP contribution in [-0.2, 0) is 0 Å². The normalized spacial score (nSPS) is 14.6. The Hall–Kier alpha value is -2.10. The van der Waals surface area contributed by atoms with Gasteiger partial charge in [-0.15, -0.1) is 0 Å². The van der Waals surface area contributed by atoms with Gasteiger partial charge in [-0.05, 0) is 18.8 Å². The van der Waals surface area contributed by atoms with E-state index in [1.54, 1.807) is 0 Å². The van der Waals surface area contributed by atoms with Crippen LogP contribution in [0.5, 0.6) is 0 Å². The summed E-state index contributed by atoms with van der Waals surface area (Å²) in [6.45, 7) is 7.44. The molecule has 1 aromatic heterocycles. The first-order valence-electron chi connectivity index (χ1n) is 8.16. The lowest BCUT2D eigenvalue weighted by atomic mass is 10.1. The number of nitrogens with zero attached hydrogens (tertiary/aromatic N) is 3. The molecule has 0 aliphatic carbocycles. The topological polar surface area (TPSA) is 41.1 Å². The van der Waals surface area contributed by atoms with Gasteiger partial charge in [0.1, 0.15) is 5.82 Å². The molecule has 4 heteroatoms. The number of aromatic nitrogens is 2. The van der Waals surface area contributed by atoms with Gasteiger partial charge in [-0.3, -0.25) is 0 Å². The molecule has 0 amide bonds. The molecular weight excluding hydrogens is 272 g/mol. The van der Waals surface area contributed by atoms with Crippen molar-refractivity contribution in [1.82, 2.24) is 9.97 Å². The average molecular weight is 296 g/mol. The molecule has 4 nitrogen and oxygen atoms in total. The second-order valence-electron chi connectivity index (χ2n) is 6.27. The van der Waals surface area contributed by atoms with Crippen LogP contribution in [0.1, 0.15) is 26.7 Å². The van der Waals surface area contributed by atoms with Crippen molar-refractivity contribution in [3.05, 3.63) is 36.4 Å². The van der Waals surface area contributed by atoms with E-state index < -0.39 is 0 Å². The van der Waals surface area contributed by atoms with Gasteiger partial charge in [0.25, 0.3) is 0 Å². The summed E-state index contributed by atoms with van der Waals surface area (Å²) in [7, 11) is 0. The fourth-order valence-corrected chi connectivity index (χ4v) is 2.65. The predicted molar refractivity (Wildman–Crippen MR) is 92.2 cm³/mol. The molecule has 1 fully saturated rings. The van der Waals surface area contributed by atoms with Crippen molar-refractivity contribution < 1.29 is 0 Å². The molecular formula is C18H24N4. The summed E-state index contributed by atoms with van der Waals surface area (Å²) in [6.07, 6.45) is 2.46. The molecule has 1 aromatic carbocycles. The number of benzene rings is 1. The summed E-state index contributed by atoms with van der Waals surface area (Å²) in [5.41, 5.74) is 2.13. The van der Waals surface area contributed by atoms with Crippen molar-refractivity contribution in [2.75, 3.05) is 29.9 Å². The highest BCUT2D eigenvalue weighted by Crippen LogP contribution is 2.24. The summed E-state index contributed by atoms with van der Waals surface area (Å²) >= 11 is 0. The Balaban J connectivity index is 1.93. The zero-order chi connectivity index (χ0) is 15.4.